The summed E-state index contributed by atoms with van der Waals surface area (Å²) in [6.45, 7) is 6.54. The summed E-state index contributed by atoms with van der Waals surface area (Å²) < 4.78 is 0. The second kappa shape index (κ2) is 3.21. The smallest absolute Gasteiger partial charge is 0.0579 e. The largest absolute Gasteiger partial charge is 0.393 e. The van der Waals surface area contributed by atoms with Crippen LogP contribution >= 0.6 is 0 Å². The predicted molar refractivity (Wildman–Crippen MR) is 55.8 cm³/mol. The Hall–Kier alpha value is -0.0800. The van der Waals surface area contributed by atoms with Gasteiger partial charge < -0.3 is 10.2 Å². The fourth-order valence-electron chi connectivity index (χ4n) is 3.87. The van der Waals surface area contributed by atoms with Crippen LogP contribution in [0.5, 0.6) is 0 Å². The summed E-state index contributed by atoms with van der Waals surface area (Å²) in [6, 6.07) is 0. The Labute approximate surface area is 86.3 Å². The Morgan fingerprint density at radius 3 is 2.36 bits per heavy atom. The lowest BCUT2D eigenvalue weighted by Crippen LogP contribution is -2.40. The van der Waals surface area contributed by atoms with Gasteiger partial charge in [0, 0.05) is 0 Å². The molecule has 2 aliphatic rings. The fourth-order valence-corrected chi connectivity index (χ4v) is 3.87. The molecule has 0 radical (unpaired) electrons. The Kier molecular flexibility index (Phi) is 2.39. The number of aliphatic hydroxyl groups excluding tert-OH is 2. The summed E-state index contributed by atoms with van der Waals surface area (Å²) >= 11 is 0. The highest BCUT2D eigenvalue weighted by molar-refractivity contribution is 5.02. The van der Waals surface area contributed by atoms with Gasteiger partial charge in [0.05, 0.1) is 12.2 Å². The minimum Gasteiger partial charge on any atom is -0.393 e. The molecule has 0 aliphatic heterocycles. The maximum Gasteiger partial charge on any atom is 0.0579 e. The van der Waals surface area contributed by atoms with Crippen LogP contribution in [-0.4, -0.2) is 22.4 Å². The van der Waals surface area contributed by atoms with E-state index in [2.05, 4.69) is 20.8 Å². The molecule has 14 heavy (non-hydrogen) atoms. The van der Waals surface area contributed by atoms with Crippen LogP contribution in [0.2, 0.25) is 0 Å². The topological polar surface area (TPSA) is 40.5 Å². The summed E-state index contributed by atoms with van der Waals surface area (Å²) in [5.41, 5.74) is 0.115. The zero-order valence-corrected chi connectivity index (χ0v) is 9.40. The Morgan fingerprint density at radius 1 is 1.07 bits per heavy atom. The first-order valence-corrected chi connectivity index (χ1v) is 5.78. The van der Waals surface area contributed by atoms with Crippen molar-refractivity contribution < 1.29 is 10.2 Å². The van der Waals surface area contributed by atoms with E-state index in [4.69, 9.17) is 0 Å². The van der Waals surface area contributed by atoms with Crippen LogP contribution in [0.1, 0.15) is 40.0 Å². The third-order valence-electron chi connectivity index (χ3n) is 4.33. The van der Waals surface area contributed by atoms with Crippen LogP contribution in [-0.2, 0) is 0 Å². The first-order valence-electron chi connectivity index (χ1n) is 5.78. The van der Waals surface area contributed by atoms with Crippen molar-refractivity contribution in [2.75, 3.05) is 0 Å². The Balaban J connectivity index is 2.23. The molecule has 0 aromatic rings. The molecule has 5 atom stereocenters. The van der Waals surface area contributed by atoms with E-state index in [0.717, 1.165) is 19.3 Å². The normalized spacial score (nSPS) is 51.6. The van der Waals surface area contributed by atoms with Crippen LogP contribution in [0, 0.1) is 23.2 Å². The van der Waals surface area contributed by atoms with E-state index in [1.807, 2.05) is 0 Å². The molecule has 0 unspecified atom stereocenters. The molecule has 2 aliphatic carbocycles. The van der Waals surface area contributed by atoms with E-state index in [0.29, 0.717) is 17.8 Å². The van der Waals surface area contributed by atoms with E-state index >= 15 is 0 Å². The Morgan fingerprint density at radius 2 is 1.71 bits per heavy atom. The second-order valence-electron chi connectivity index (χ2n) is 6.09. The van der Waals surface area contributed by atoms with Crippen molar-refractivity contribution >= 4 is 0 Å². The molecular weight excluding hydrogens is 176 g/mol. The van der Waals surface area contributed by atoms with Crippen LogP contribution in [0.25, 0.3) is 0 Å². The summed E-state index contributed by atoms with van der Waals surface area (Å²) in [5, 5.41) is 20.1. The van der Waals surface area contributed by atoms with Crippen LogP contribution in [0.15, 0.2) is 0 Å². The number of fused-ring (bicyclic) bond motifs is 1. The van der Waals surface area contributed by atoms with Gasteiger partial charge in [-0.2, -0.15) is 0 Å². The minimum absolute atomic E-state index is 0.115. The minimum atomic E-state index is -0.198. The van der Waals surface area contributed by atoms with E-state index in [1.54, 1.807) is 0 Å². The lowest BCUT2D eigenvalue weighted by atomic mass is 9.67. The monoisotopic (exact) mass is 198 g/mol. The van der Waals surface area contributed by atoms with E-state index in [9.17, 15) is 10.2 Å². The molecule has 0 spiro atoms. The number of hydrogen-bond donors (Lipinski definition) is 2. The van der Waals surface area contributed by atoms with Gasteiger partial charge in [-0.3, -0.25) is 0 Å². The molecule has 0 amide bonds. The lowest BCUT2D eigenvalue weighted by molar-refractivity contribution is -0.0322. The van der Waals surface area contributed by atoms with Gasteiger partial charge in [0.25, 0.3) is 0 Å². The zero-order chi connectivity index (χ0) is 10.5. The van der Waals surface area contributed by atoms with Gasteiger partial charge in [-0.15, -0.1) is 0 Å². The van der Waals surface area contributed by atoms with Gasteiger partial charge in [0.1, 0.15) is 0 Å². The van der Waals surface area contributed by atoms with Crippen molar-refractivity contribution in [2.24, 2.45) is 23.2 Å². The molecule has 0 heterocycles. The third kappa shape index (κ3) is 1.49. The highest BCUT2D eigenvalue weighted by atomic mass is 16.3. The SMILES string of the molecule is C[C@H]1C[C@@H]2[C@@H]([C@@H](O)C1)C(C)(C)C[C@H]2O. The van der Waals surface area contributed by atoms with Crippen molar-refractivity contribution in [2.45, 2.75) is 52.2 Å². The molecule has 0 bridgehead atoms. The average molecular weight is 198 g/mol. The van der Waals surface area contributed by atoms with Gasteiger partial charge in [-0.1, -0.05) is 20.8 Å². The molecule has 2 rings (SSSR count). The van der Waals surface area contributed by atoms with Crippen LogP contribution in [0.4, 0.5) is 0 Å². The first kappa shape index (κ1) is 10.4. The molecule has 2 nitrogen and oxygen atoms in total. The summed E-state index contributed by atoms with van der Waals surface area (Å²) in [7, 11) is 0. The molecular formula is C12H22O2. The van der Waals surface area contributed by atoms with Crippen molar-refractivity contribution in [3.8, 4) is 0 Å². The van der Waals surface area contributed by atoms with Crippen molar-refractivity contribution in [3.63, 3.8) is 0 Å². The standard InChI is InChI=1S/C12H22O2/c1-7-4-8-10(14)6-12(2,3)11(8)9(13)5-7/h7-11,13-14H,4-6H2,1-3H3/t7-,8-,9-,10+,11-/m0/s1. The van der Waals surface area contributed by atoms with Gasteiger partial charge in [-0.25, -0.2) is 0 Å². The second-order valence-corrected chi connectivity index (χ2v) is 6.09. The van der Waals surface area contributed by atoms with Crippen LogP contribution in [0.3, 0.4) is 0 Å². The molecule has 2 heteroatoms. The molecule has 82 valence electrons. The molecule has 2 saturated carbocycles. The molecule has 0 aromatic heterocycles. The number of rotatable bonds is 0. The number of hydrogen-bond acceptors (Lipinski definition) is 2. The van der Waals surface area contributed by atoms with Crippen molar-refractivity contribution in [3.05, 3.63) is 0 Å². The maximum absolute atomic E-state index is 10.1. The highest BCUT2D eigenvalue weighted by Crippen LogP contribution is 2.53. The fraction of sp³-hybridized carbons (Fsp3) is 1.00. The van der Waals surface area contributed by atoms with Gasteiger partial charge in [0.15, 0.2) is 0 Å². The van der Waals surface area contributed by atoms with E-state index in [-0.39, 0.29) is 17.6 Å². The lowest BCUT2D eigenvalue weighted by Gasteiger charge is -2.40. The van der Waals surface area contributed by atoms with Crippen LogP contribution < -0.4 is 0 Å². The number of aliphatic hydroxyl groups is 2. The highest BCUT2D eigenvalue weighted by Gasteiger charge is 2.52. The summed E-state index contributed by atoms with van der Waals surface area (Å²) in [4.78, 5) is 0. The third-order valence-corrected chi connectivity index (χ3v) is 4.33. The molecule has 0 saturated heterocycles. The predicted octanol–water partition coefficient (Wildman–Crippen LogP) is 1.80. The van der Waals surface area contributed by atoms with Gasteiger partial charge in [0.2, 0.25) is 0 Å². The Bertz CT molecular complexity index is 224. The summed E-state index contributed by atoms with van der Waals surface area (Å²) in [6.07, 6.45) is 2.47. The quantitative estimate of drug-likeness (QED) is 0.623. The van der Waals surface area contributed by atoms with Gasteiger partial charge in [-0.05, 0) is 42.4 Å². The van der Waals surface area contributed by atoms with E-state index < -0.39 is 0 Å². The molecule has 2 fully saturated rings. The molecule has 0 aromatic carbocycles. The van der Waals surface area contributed by atoms with Gasteiger partial charge >= 0.3 is 0 Å². The van der Waals surface area contributed by atoms with Crippen molar-refractivity contribution in [1.29, 1.82) is 0 Å². The average Bonchev–Trinajstić information content (AvgIpc) is 2.21. The summed E-state index contributed by atoms with van der Waals surface area (Å²) in [5.74, 6) is 1.22. The maximum atomic E-state index is 10.1. The first-order chi connectivity index (χ1) is 6.42. The van der Waals surface area contributed by atoms with E-state index in [1.165, 1.54) is 0 Å². The zero-order valence-electron chi connectivity index (χ0n) is 9.40. The van der Waals surface area contributed by atoms with Crippen molar-refractivity contribution in [1.82, 2.24) is 0 Å². The molecule has 2 N–H and O–H groups in total.